The molecule has 0 spiro atoms. The molecular weight excluding hydrogens is 303 g/mol. The summed E-state index contributed by atoms with van der Waals surface area (Å²) in [6, 6.07) is 6.89. The van der Waals surface area contributed by atoms with Crippen LogP contribution in [0.15, 0.2) is 42.5 Å². The summed E-state index contributed by atoms with van der Waals surface area (Å²) in [4.78, 5) is 21.2. The molecule has 0 aromatic heterocycles. The quantitative estimate of drug-likeness (QED) is 0.686. The molecule has 114 valence electrons. The zero-order valence-electron chi connectivity index (χ0n) is 10.8. The molecule has 0 atom stereocenters. The van der Waals surface area contributed by atoms with Gasteiger partial charge in [-0.3, -0.25) is 10.1 Å². The minimum Gasteiger partial charge on any atom is -0.478 e. The highest BCUT2D eigenvalue weighted by molar-refractivity contribution is 5.96. The van der Waals surface area contributed by atoms with E-state index in [1.807, 2.05) is 0 Å². The molecule has 0 heterocycles. The van der Waals surface area contributed by atoms with Crippen LogP contribution in [0.1, 0.15) is 15.9 Å². The van der Waals surface area contributed by atoms with Crippen molar-refractivity contribution < 1.29 is 28.0 Å². The van der Waals surface area contributed by atoms with Gasteiger partial charge in [-0.25, -0.2) is 4.79 Å². The Morgan fingerprint density at radius 1 is 1.14 bits per heavy atom. The first-order chi connectivity index (χ1) is 10.2. The largest absolute Gasteiger partial charge is 0.478 e. The van der Waals surface area contributed by atoms with Gasteiger partial charge in [0.2, 0.25) is 0 Å². The Morgan fingerprint density at radius 3 is 2.36 bits per heavy atom. The number of carboxylic acids is 1. The number of carbonyl (C=O) groups is 1. The van der Waals surface area contributed by atoms with E-state index in [-0.39, 0.29) is 16.7 Å². The maximum Gasteiger partial charge on any atom is 0.416 e. The second-order valence-electron chi connectivity index (χ2n) is 4.37. The van der Waals surface area contributed by atoms with Gasteiger partial charge in [-0.2, -0.15) is 13.2 Å². The summed E-state index contributed by atoms with van der Waals surface area (Å²) in [5.41, 5.74) is -1.89. The number of carboxylic acid groups (broad SMARTS) is 1. The van der Waals surface area contributed by atoms with Crippen molar-refractivity contribution in [1.82, 2.24) is 0 Å². The second kappa shape index (κ2) is 5.47. The van der Waals surface area contributed by atoms with Gasteiger partial charge in [0.05, 0.1) is 16.1 Å². The third-order valence-corrected chi connectivity index (χ3v) is 2.95. The lowest BCUT2D eigenvalue weighted by atomic mass is 9.97. The van der Waals surface area contributed by atoms with Gasteiger partial charge in [0.25, 0.3) is 5.69 Å². The molecular formula is C14H8F3NO4. The smallest absolute Gasteiger partial charge is 0.416 e. The first-order valence-electron chi connectivity index (χ1n) is 5.89. The molecule has 22 heavy (non-hydrogen) atoms. The molecule has 2 rings (SSSR count). The number of nitro benzene ring substituents is 1. The normalized spacial score (nSPS) is 11.2. The maximum absolute atomic E-state index is 12.7. The zero-order chi connectivity index (χ0) is 16.5. The Kier molecular flexibility index (Phi) is 3.85. The average Bonchev–Trinajstić information content (AvgIpc) is 2.45. The Balaban J connectivity index is 2.67. The molecule has 0 saturated heterocycles. The van der Waals surface area contributed by atoms with E-state index in [1.165, 1.54) is 6.07 Å². The second-order valence-corrected chi connectivity index (χ2v) is 4.37. The van der Waals surface area contributed by atoms with Crippen LogP contribution < -0.4 is 0 Å². The minimum atomic E-state index is -4.60. The van der Waals surface area contributed by atoms with Crippen LogP contribution in [-0.4, -0.2) is 16.0 Å². The number of hydrogen-bond acceptors (Lipinski definition) is 3. The van der Waals surface area contributed by atoms with Crippen molar-refractivity contribution in [2.45, 2.75) is 6.18 Å². The fraction of sp³-hybridized carbons (Fsp3) is 0.0714. The minimum absolute atomic E-state index is 0.0593. The summed E-state index contributed by atoms with van der Waals surface area (Å²) in [6.07, 6.45) is -4.60. The van der Waals surface area contributed by atoms with E-state index in [1.54, 1.807) is 0 Å². The predicted molar refractivity (Wildman–Crippen MR) is 70.5 cm³/mol. The van der Waals surface area contributed by atoms with Crippen molar-refractivity contribution in [1.29, 1.82) is 0 Å². The highest BCUT2D eigenvalue weighted by Crippen LogP contribution is 2.34. The Bertz CT molecular complexity index is 756. The number of rotatable bonds is 3. The summed E-state index contributed by atoms with van der Waals surface area (Å²) in [5.74, 6) is -1.39. The van der Waals surface area contributed by atoms with Crippen molar-refractivity contribution in [2.75, 3.05) is 0 Å². The van der Waals surface area contributed by atoms with Crippen molar-refractivity contribution in [3.63, 3.8) is 0 Å². The van der Waals surface area contributed by atoms with Crippen LogP contribution in [0.4, 0.5) is 18.9 Å². The summed E-state index contributed by atoms with van der Waals surface area (Å²) in [7, 11) is 0. The number of nitrogens with zero attached hydrogens (tertiary/aromatic N) is 1. The molecule has 0 aliphatic rings. The number of nitro groups is 1. The SMILES string of the molecule is O=C(O)c1ccc([N+](=O)[O-])cc1-c1cccc(C(F)(F)F)c1. The summed E-state index contributed by atoms with van der Waals surface area (Å²) in [6.45, 7) is 0. The molecule has 0 amide bonds. The number of hydrogen-bond donors (Lipinski definition) is 1. The molecule has 1 N–H and O–H groups in total. The van der Waals surface area contributed by atoms with E-state index >= 15 is 0 Å². The third kappa shape index (κ3) is 3.05. The highest BCUT2D eigenvalue weighted by Gasteiger charge is 2.30. The molecule has 0 radical (unpaired) electrons. The first-order valence-corrected chi connectivity index (χ1v) is 5.89. The molecule has 0 fully saturated rings. The summed E-state index contributed by atoms with van der Waals surface area (Å²) < 4.78 is 38.2. The van der Waals surface area contributed by atoms with E-state index in [4.69, 9.17) is 5.11 Å². The average molecular weight is 311 g/mol. The van der Waals surface area contributed by atoms with Crippen LogP contribution in [0.3, 0.4) is 0 Å². The van der Waals surface area contributed by atoms with Gasteiger partial charge < -0.3 is 5.11 Å². The molecule has 8 heteroatoms. The number of non-ortho nitro benzene ring substituents is 1. The van der Waals surface area contributed by atoms with Gasteiger partial charge >= 0.3 is 12.1 Å². The molecule has 0 bridgehead atoms. The molecule has 0 unspecified atom stereocenters. The van der Waals surface area contributed by atoms with Crippen molar-refractivity contribution >= 4 is 11.7 Å². The monoisotopic (exact) mass is 311 g/mol. The summed E-state index contributed by atoms with van der Waals surface area (Å²) in [5, 5.41) is 19.9. The van der Waals surface area contributed by atoms with Gasteiger partial charge in [-0.15, -0.1) is 0 Å². The van der Waals surface area contributed by atoms with Crippen LogP contribution in [0.2, 0.25) is 0 Å². The van der Waals surface area contributed by atoms with E-state index in [0.717, 1.165) is 36.4 Å². The van der Waals surface area contributed by atoms with Crippen LogP contribution in [-0.2, 0) is 6.18 Å². The van der Waals surface area contributed by atoms with E-state index in [2.05, 4.69) is 0 Å². The zero-order valence-corrected chi connectivity index (χ0v) is 10.8. The van der Waals surface area contributed by atoms with Crippen molar-refractivity contribution in [2.24, 2.45) is 0 Å². The number of benzene rings is 2. The first kappa shape index (κ1) is 15.5. The lowest BCUT2D eigenvalue weighted by Gasteiger charge is -2.10. The summed E-state index contributed by atoms with van der Waals surface area (Å²) >= 11 is 0. The van der Waals surface area contributed by atoms with E-state index < -0.39 is 28.3 Å². The Hall–Kier alpha value is -2.90. The fourth-order valence-electron chi connectivity index (χ4n) is 1.93. The van der Waals surface area contributed by atoms with E-state index in [9.17, 15) is 28.1 Å². The number of aromatic carboxylic acids is 1. The topological polar surface area (TPSA) is 80.4 Å². The third-order valence-electron chi connectivity index (χ3n) is 2.95. The van der Waals surface area contributed by atoms with Gasteiger partial charge in [0.15, 0.2) is 0 Å². The predicted octanol–water partition coefficient (Wildman–Crippen LogP) is 3.98. The van der Waals surface area contributed by atoms with Crippen LogP contribution in [0, 0.1) is 10.1 Å². The van der Waals surface area contributed by atoms with Crippen LogP contribution >= 0.6 is 0 Å². The van der Waals surface area contributed by atoms with Gasteiger partial charge in [-0.05, 0) is 23.8 Å². The molecule has 2 aromatic rings. The van der Waals surface area contributed by atoms with Crippen molar-refractivity contribution in [3.8, 4) is 11.1 Å². The van der Waals surface area contributed by atoms with Crippen LogP contribution in [0.5, 0.6) is 0 Å². The van der Waals surface area contributed by atoms with Gasteiger partial charge in [0.1, 0.15) is 0 Å². The number of alkyl halides is 3. The Morgan fingerprint density at radius 2 is 1.82 bits per heavy atom. The molecule has 5 nitrogen and oxygen atoms in total. The molecule has 0 aliphatic carbocycles. The lowest BCUT2D eigenvalue weighted by Crippen LogP contribution is -2.05. The fourth-order valence-corrected chi connectivity index (χ4v) is 1.93. The standard InChI is InChI=1S/C14H8F3NO4/c15-14(16,17)9-3-1-2-8(6-9)12-7-10(18(21)22)4-5-11(12)13(19)20/h1-7H,(H,19,20). The molecule has 0 aliphatic heterocycles. The van der Waals surface area contributed by atoms with Crippen molar-refractivity contribution in [3.05, 3.63) is 63.7 Å². The maximum atomic E-state index is 12.7. The number of halogens is 3. The molecule has 0 saturated carbocycles. The lowest BCUT2D eigenvalue weighted by molar-refractivity contribution is -0.384. The van der Waals surface area contributed by atoms with Gasteiger partial charge in [-0.1, -0.05) is 12.1 Å². The highest BCUT2D eigenvalue weighted by atomic mass is 19.4. The van der Waals surface area contributed by atoms with E-state index in [0.29, 0.717) is 0 Å². The van der Waals surface area contributed by atoms with Gasteiger partial charge in [0, 0.05) is 17.7 Å². The molecule has 2 aromatic carbocycles. The van der Waals surface area contributed by atoms with Crippen LogP contribution in [0.25, 0.3) is 11.1 Å². The Labute approximate surface area is 121 Å².